The van der Waals surface area contributed by atoms with E-state index in [2.05, 4.69) is 13.8 Å². The van der Waals surface area contributed by atoms with Crippen LogP contribution in [0.25, 0.3) is 0 Å². The summed E-state index contributed by atoms with van der Waals surface area (Å²) in [6, 6.07) is 3.18. The summed E-state index contributed by atoms with van der Waals surface area (Å²) in [4.78, 5) is 11.9. The molecule has 1 aromatic heterocycles. The summed E-state index contributed by atoms with van der Waals surface area (Å²) < 4.78 is 24.3. The van der Waals surface area contributed by atoms with Gasteiger partial charge in [-0.1, -0.05) is 13.8 Å². The lowest BCUT2D eigenvalue weighted by Gasteiger charge is -2.61. The maximum absolute atomic E-state index is 11.9. The minimum Gasteiger partial charge on any atom is -0.431 e. The molecule has 10 nitrogen and oxygen atoms in total. The largest absolute Gasteiger partial charge is 0.431 e. The van der Waals surface area contributed by atoms with Crippen LogP contribution in [0.1, 0.15) is 70.3 Å². The summed E-state index contributed by atoms with van der Waals surface area (Å²) in [5.41, 5.74) is -0.302. The van der Waals surface area contributed by atoms with Gasteiger partial charge in [-0.25, -0.2) is 4.79 Å². The van der Waals surface area contributed by atoms with E-state index in [1.807, 2.05) is 0 Å². The van der Waals surface area contributed by atoms with Crippen LogP contribution in [0.15, 0.2) is 27.6 Å². The van der Waals surface area contributed by atoms with Gasteiger partial charge in [-0.2, -0.15) is 0 Å². The van der Waals surface area contributed by atoms with Crippen molar-refractivity contribution in [2.45, 2.75) is 119 Å². The molecule has 0 radical (unpaired) electrons. The minimum atomic E-state index is -1.54. The van der Waals surface area contributed by atoms with Gasteiger partial charge in [0.05, 0.1) is 25.1 Å². The molecule has 0 bridgehead atoms. The van der Waals surface area contributed by atoms with Crippen molar-refractivity contribution in [1.82, 2.24) is 0 Å². The van der Waals surface area contributed by atoms with E-state index in [0.717, 1.165) is 50.5 Å². The van der Waals surface area contributed by atoms with Crippen LogP contribution in [-0.2, 0) is 14.2 Å². The Balaban J connectivity index is 1.25. The van der Waals surface area contributed by atoms with Crippen LogP contribution in [0.5, 0.6) is 0 Å². The van der Waals surface area contributed by atoms with Crippen LogP contribution in [0.4, 0.5) is 0 Å². The van der Waals surface area contributed by atoms with E-state index in [0.29, 0.717) is 17.8 Å². The van der Waals surface area contributed by atoms with E-state index in [1.165, 1.54) is 12.3 Å². The van der Waals surface area contributed by atoms with Crippen molar-refractivity contribution < 1.29 is 44.2 Å². The van der Waals surface area contributed by atoms with Gasteiger partial charge in [0.25, 0.3) is 0 Å². The number of aliphatic hydroxyl groups excluding tert-OH is 5. The van der Waals surface area contributed by atoms with Crippen molar-refractivity contribution >= 4 is 0 Å². The Morgan fingerprint density at radius 1 is 0.975 bits per heavy atom. The van der Waals surface area contributed by atoms with E-state index >= 15 is 0 Å². The molecule has 6 aliphatic rings. The van der Waals surface area contributed by atoms with E-state index in [9.17, 15) is 30.3 Å². The number of ether oxygens (including phenoxy) is 3. The van der Waals surface area contributed by atoms with Gasteiger partial charge in [0, 0.05) is 17.4 Å². The molecule has 4 aliphatic carbocycles. The number of epoxide rings is 1. The Labute approximate surface area is 233 Å². The standard InChI is InChI=1S/C30H42O10/c1-28-9-7-16(32)11-15(28)4-5-18-17(28)8-10-29(2)21(14-3-6-20(33)37-13-14)25(26-30(18,29)40-26)39-27-24(36)23(35)22(34)19(12-31)38-27/h3,6,13,15-19,21-27,31-32,34-36H,4-5,7-12H2,1-2H3/t15-,16-,17+,18-,19-,21+,22-,23+,24-,25-,26-,27+,28+,29-,30-/m1/s1. The summed E-state index contributed by atoms with van der Waals surface area (Å²) in [6.07, 6.45) is 0.189. The van der Waals surface area contributed by atoms with E-state index in [4.69, 9.17) is 18.6 Å². The fourth-order valence-electron chi connectivity index (χ4n) is 10.3. The number of rotatable bonds is 4. The maximum atomic E-state index is 11.9. The SMILES string of the molecule is C[C@]12CC[C@@H](O)C[C@H]1CC[C@@H]1[C@@H]2CC[C@]2(C)[C@@H](c3ccc(=O)oc3)[C@@H](O[C@@H]3O[C@H](CO)[C@@H](O)[C@H](O)[C@H]3O)[C@H]3O[C@]132. The van der Waals surface area contributed by atoms with Crippen LogP contribution in [0, 0.1) is 28.6 Å². The topological polar surface area (TPSA) is 162 Å². The Bertz CT molecular complexity index is 1170. The summed E-state index contributed by atoms with van der Waals surface area (Å²) >= 11 is 0. The normalized spacial score (nSPS) is 55.1. The van der Waals surface area contributed by atoms with Gasteiger partial charge >= 0.3 is 5.63 Å². The van der Waals surface area contributed by atoms with Crippen LogP contribution in [-0.4, -0.2) is 86.8 Å². The molecule has 40 heavy (non-hydrogen) atoms. The van der Waals surface area contributed by atoms with Gasteiger partial charge in [-0.15, -0.1) is 0 Å². The molecule has 0 amide bonds. The molecule has 4 saturated carbocycles. The second-order valence-electron chi connectivity index (χ2n) is 13.9. The first-order valence-corrected chi connectivity index (χ1v) is 15.0. The first-order chi connectivity index (χ1) is 19.0. The van der Waals surface area contributed by atoms with Gasteiger partial charge in [0.15, 0.2) is 6.29 Å². The predicted molar refractivity (Wildman–Crippen MR) is 139 cm³/mol. The first-order valence-electron chi connectivity index (χ1n) is 15.0. The number of hydrogen-bond donors (Lipinski definition) is 5. The highest BCUT2D eigenvalue weighted by Crippen LogP contribution is 2.78. The Kier molecular flexibility index (Phi) is 6.39. The molecule has 0 aromatic carbocycles. The molecule has 0 unspecified atom stereocenters. The number of hydrogen-bond acceptors (Lipinski definition) is 10. The molecule has 7 rings (SSSR count). The van der Waals surface area contributed by atoms with Crippen molar-refractivity contribution in [3.05, 3.63) is 34.4 Å². The van der Waals surface area contributed by atoms with Crippen molar-refractivity contribution in [3.8, 4) is 0 Å². The fraction of sp³-hybridized carbons (Fsp3) is 0.833. The number of fused-ring (bicyclic) bond motifs is 3. The van der Waals surface area contributed by atoms with Crippen LogP contribution >= 0.6 is 0 Å². The predicted octanol–water partition coefficient (Wildman–Crippen LogP) is 1.05. The third kappa shape index (κ3) is 3.60. The molecule has 5 N–H and O–H groups in total. The highest BCUT2D eigenvalue weighted by atomic mass is 16.7. The molecule has 2 aliphatic heterocycles. The molecule has 10 heteroatoms. The average molecular weight is 563 g/mol. The Morgan fingerprint density at radius 2 is 1.77 bits per heavy atom. The molecule has 2 saturated heterocycles. The van der Waals surface area contributed by atoms with Crippen molar-refractivity contribution in [2.75, 3.05) is 6.61 Å². The monoisotopic (exact) mass is 562 g/mol. The third-order valence-electron chi connectivity index (χ3n) is 12.3. The van der Waals surface area contributed by atoms with E-state index in [1.54, 1.807) is 6.07 Å². The lowest BCUT2D eigenvalue weighted by molar-refractivity contribution is -0.315. The zero-order valence-corrected chi connectivity index (χ0v) is 23.1. The zero-order chi connectivity index (χ0) is 28.2. The van der Waals surface area contributed by atoms with Gasteiger partial charge in [0.2, 0.25) is 0 Å². The van der Waals surface area contributed by atoms with Crippen LogP contribution in [0.2, 0.25) is 0 Å². The van der Waals surface area contributed by atoms with E-state index < -0.39 is 54.6 Å². The second-order valence-corrected chi connectivity index (χ2v) is 13.9. The van der Waals surface area contributed by atoms with Gasteiger partial charge < -0.3 is 44.2 Å². The van der Waals surface area contributed by atoms with Crippen molar-refractivity contribution in [3.63, 3.8) is 0 Å². The maximum Gasteiger partial charge on any atom is 0.335 e. The third-order valence-corrected chi connectivity index (χ3v) is 12.3. The molecule has 6 fully saturated rings. The second kappa shape index (κ2) is 9.31. The quantitative estimate of drug-likeness (QED) is 0.335. The average Bonchev–Trinajstić information content (AvgIpc) is 3.64. The molecule has 1 aromatic rings. The summed E-state index contributed by atoms with van der Waals surface area (Å²) in [6.45, 7) is 4.12. The number of aliphatic hydroxyl groups is 5. The van der Waals surface area contributed by atoms with Crippen molar-refractivity contribution in [2.24, 2.45) is 28.6 Å². The molecular weight excluding hydrogens is 520 g/mol. The summed E-state index contributed by atoms with van der Waals surface area (Å²) in [5, 5.41) is 51.7. The van der Waals surface area contributed by atoms with Crippen molar-refractivity contribution in [1.29, 1.82) is 0 Å². The van der Waals surface area contributed by atoms with Gasteiger partial charge in [-0.05, 0) is 79.7 Å². The molecule has 15 atom stereocenters. The highest BCUT2D eigenvalue weighted by Gasteiger charge is 2.84. The Morgan fingerprint density at radius 3 is 2.50 bits per heavy atom. The van der Waals surface area contributed by atoms with E-state index in [-0.39, 0.29) is 29.0 Å². The molecule has 3 heterocycles. The highest BCUT2D eigenvalue weighted by molar-refractivity contribution is 5.38. The molecule has 1 spiro atoms. The van der Waals surface area contributed by atoms with Crippen LogP contribution in [0.3, 0.4) is 0 Å². The zero-order valence-electron chi connectivity index (χ0n) is 23.1. The first kappa shape index (κ1) is 27.5. The molecule has 222 valence electrons. The van der Waals surface area contributed by atoms with Gasteiger partial charge in [-0.3, -0.25) is 0 Å². The lowest BCUT2D eigenvalue weighted by Crippen LogP contribution is -2.60. The van der Waals surface area contributed by atoms with Gasteiger partial charge in [0.1, 0.15) is 36.1 Å². The smallest absolute Gasteiger partial charge is 0.335 e. The summed E-state index contributed by atoms with van der Waals surface area (Å²) in [7, 11) is 0. The van der Waals surface area contributed by atoms with Crippen LogP contribution < -0.4 is 5.63 Å². The molecular formula is C30H42O10. The summed E-state index contributed by atoms with van der Waals surface area (Å²) in [5.74, 6) is 1.02. The fourth-order valence-corrected chi connectivity index (χ4v) is 10.3. The minimum absolute atomic E-state index is 0.139. The lowest BCUT2D eigenvalue weighted by atomic mass is 9.44. The Hall–Kier alpha value is -1.37.